The van der Waals surface area contributed by atoms with E-state index in [9.17, 15) is 9.59 Å². The normalized spacial score (nSPS) is 15.1. The number of carbonyl (C=O) groups is 2. The van der Waals surface area contributed by atoms with Crippen LogP contribution in [0, 0.1) is 0 Å². The fourth-order valence-corrected chi connectivity index (χ4v) is 4.07. The van der Waals surface area contributed by atoms with Gasteiger partial charge in [-0.15, -0.1) is 0 Å². The lowest BCUT2D eigenvalue weighted by molar-refractivity contribution is -0.123. The molecule has 3 aromatic carbocycles. The Morgan fingerprint density at radius 1 is 0.900 bits per heavy atom. The van der Waals surface area contributed by atoms with Crippen molar-refractivity contribution in [2.24, 2.45) is 0 Å². The molecule has 1 heterocycles. The summed E-state index contributed by atoms with van der Waals surface area (Å²) < 4.78 is 5.95. The van der Waals surface area contributed by atoms with Gasteiger partial charge in [0.25, 0.3) is 11.1 Å². The van der Waals surface area contributed by atoms with E-state index in [-0.39, 0.29) is 17.7 Å². The van der Waals surface area contributed by atoms with Crippen LogP contribution in [0.25, 0.3) is 6.08 Å². The third-order valence-electron chi connectivity index (χ3n) is 4.60. The third kappa shape index (κ3) is 4.58. The molecule has 30 heavy (non-hydrogen) atoms. The molecule has 0 atom stereocenters. The van der Waals surface area contributed by atoms with Crippen LogP contribution in [0.1, 0.15) is 16.7 Å². The van der Waals surface area contributed by atoms with E-state index in [1.807, 2.05) is 78.9 Å². The number of rotatable bonds is 6. The Hall–Kier alpha value is -3.02. The second-order valence-electron chi connectivity index (χ2n) is 6.67. The van der Waals surface area contributed by atoms with E-state index in [0.717, 1.165) is 28.5 Å². The summed E-state index contributed by atoms with van der Waals surface area (Å²) in [5.41, 5.74) is 2.51. The number of halogens is 1. The highest BCUT2D eigenvalue weighted by atomic mass is 35.5. The number of amides is 2. The standard InChI is InChI=1S/C24H18ClNO3S/c25-20-12-6-4-11-19(20)16-29-21-13-7-5-10-18(21)14-22-23(27)26(24(28)30-22)15-17-8-2-1-3-9-17/h1-14H,15-16H2/b22-14+. The summed E-state index contributed by atoms with van der Waals surface area (Å²) in [5.74, 6) is 0.321. The molecule has 3 aromatic rings. The summed E-state index contributed by atoms with van der Waals surface area (Å²) in [6.07, 6.45) is 1.71. The molecule has 0 unspecified atom stereocenters. The van der Waals surface area contributed by atoms with Gasteiger partial charge in [-0.1, -0.05) is 78.3 Å². The number of benzene rings is 3. The maximum Gasteiger partial charge on any atom is 0.293 e. The van der Waals surface area contributed by atoms with Crippen LogP contribution in [0.15, 0.2) is 83.8 Å². The number of ether oxygens (including phenoxy) is 1. The van der Waals surface area contributed by atoms with Crippen molar-refractivity contribution in [3.05, 3.63) is 105 Å². The average molecular weight is 436 g/mol. The third-order valence-corrected chi connectivity index (χ3v) is 5.88. The molecular weight excluding hydrogens is 418 g/mol. The van der Waals surface area contributed by atoms with Crippen LogP contribution in [0.2, 0.25) is 5.02 Å². The van der Waals surface area contributed by atoms with Crippen LogP contribution in [0.3, 0.4) is 0 Å². The molecule has 0 aromatic heterocycles. The van der Waals surface area contributed by atoms with Crippen LogP contribution in [0.4, 0.5) is 4.79 Å². The van der Waals surface area contributed by atoms with Crippen molar-refractivity contribution < 1.29 is 14.3 Å². The van der Waals surface area contributed by atoms with Crippen LogP contribution >= 0.6 is 23.4 Å². The molecule has 4 nitrogen and oxygen atoms in total. The van der Waals surface area contributed by atoms with Crippen LogP contribution in [0.5, 0.6) is 5.75 Å². The van der Waals surface area contributed by atoms with Gasteiger partial charge in [0.2, 0.25) is 0 Å². The Balaban J connectivity index is 1.53. The molecule has 150 valence electrons. The van der Waals surface area contributed by atoms with Crippen molar-refractivity contribution in [3.63, 3.8) is 0 Å². The lowest BCUT2D eigenvalue weighted by Crippen LogP contribution is -2.27. The minimum Gasteiger partial charge on any atom is -0.488 e. The quantitative estimate of drug-likeness (QED) is 0.435. The molecule has 1 aliphatic heterocycles. The lowest BCUT2D eigenvalue weighted by Gasteiger charge is -2.12. The molecule has 1 fully saturated rings. The number of hydrogen-bond donors (Lipinski definition) is 0. The number of imide groups is 1. The molecule has 0 bridgehead atoms. The van der Waals surface area contributed by atoms with E-state index >= 15 is 0 Å². The summed E-state index contributed by atoms with van der Waals surface area (Å²) in [5, 5.41) is 0.363. The summed E-state index contributed by atoms with van der Waals surface area (Å²) in [6, 6.07) is 24.4. The number of para-hydroxylation sites is 1. The Kier molecular flexibility index (Phi) is 6.21. The van der Waals surface area contributed by atoms with Gasteiger partial charge in [-0.05, 0) is 35.5 Å². The van der Waals surface area contributed by atoms with Gasteiger partial charge in [-0.2, -0.15) is 0 Å². The molecule has 0 spiro atoms. The zero-order valence-corrected chi connectivity index (χ0v) is 17.5. The monoisotopic (exact) mass is 435 g/mol. The van der Waals surface area contributed by atoms with Crippen molar-refractivity contribution in [1.29, 1.82) is 0 Å². The minimum atomic E-state index is -0.297. The fourth-order valence-electron chi connectivity index (χ4n) is 3.05. The average Bonchev–Trinajstić information content (AvgIpc) is 3.02. The number of thioether (sulfide) groups is 1. The van der Waals surface area contributed by atoms with Crippen molar-refractivity contribution in [2.75, 3.05) is 0 Å². The summed E-state index contributed by atoms with van der Waals surface area (Å²) in [7, 11) is 0. The topological polar surface area (TPSA) is 46.6 Å². The fraction of sp³-hybridized carbons (Fsp3) is 0.0833. The highest BCUT2D eigenvalue weighted by Gasteiger charge is 2.35. The molecule has 0 saturated carbocycles. The predicted molar refractivity (Wildman–Crippen MR) is 120 cm³/mol. The smallest absolute Gasteiger partial charge is 0.293 e. The van der Waals surface area contributed by atoms with E-state index in [1.165, 1.54) is 4.90 Å². The molecule has 2 amide bonds. The molecule has 0 N–H and O–H groups in total. The maximum absolute atomic E-state index is 12.8. The van der Waals surface area contributed by atoms with Crippen LogP contribution < -0.4 is 4.74 Å². The van der Waals surface area contributed by atoms with Gasteiger partial charge in [0.15, 0.2) is 0 Å². The van der Waals surface area contributed by atoms with Crippen LogP contribution in [-0.4, -0.2) is 16.0 Å². The van der Waals surface area contributed by atoms with Crippen molar-refractivity contribution in [3.8, 4) is 5.75 Å². The zero-order valence-electron chi connectivity index (χ0n) is 16.0. The summed E-state index contributed by atoms with van der Waals surface area (Å²) in [4.78, 5) is 26.9. The number of hydrogen-bond acceptors (Lipinski definition) is 4. The largest absolute Gasteiger partial charge is 0.488 e. The molecule has 4 rings (SSSR count). The first-order valence-electron chi connectivity index (χ1n) is 9.36. The minimum absolute atomic E-state index is 0.257. The zero-order chi connectivity index (χ0) is 20.9. The molecule has 0 aliphatic carbocycles. The van der Waals surface area contributed by atoms with Crippen molar-refractivity contribution in [2.45, 2.75) is 13.2 Å². The molecule has 1 saturated heterocycles. The van der Waals surface area contributed by atoms with Gasteiger partial charge in [0, 0.05) is 16.1 Å². The van der Waals surface area contributed by atoms with Crippen molar-refractivity contribution in [1.82, 2.24) is 4.90 Å². The van der Waals surface area contributed by atoms with E-state index in [2.05, 4.69) is 0 Å². The highest BCUT2D eigenvalue weighted by molar-refractivity contribution is 8.18. The van der Waals surface area contributed by atoms with E-state index in [1.54, 1.807) is 6.08 Å². The van der Waals surface area contributed by atoms with Gasteiger partial charge in [0.1, 0.15) is 12.4 Å². The number of nitrogens with zero attached hydrogens (tertiary/aromatic N) is 1. The SMILES string of the molecule is O=C1S/C(=C/c2ccccc2OCc2ccccc2Cl)C(=O)N1Cc1ccccc1. The maximum atomic E-state index is 12.8. The number of carbonyl (C=O) groups excluding carboxylic acids is 2. The first kappa shape index (κ1) is 20.3. The predicted octanol–water partition coefficient (Wildman–Crippen LogP) is 6.16. The van der Waals surface area contributed by atoms with Gasteiger partial charge < -0.3 is 4.74 Å². The molecular formula is C24H18ClNO3S. The summed E-state index contributed by atoms with van der Waals surface area (Å²) in [6.45, 7) is 0.563. The lowest BCUT2D eigenvalue weighted by atomic mass is 10.1. The molecule has 1 aliphatic rings. The Morgan fingerprint density at radius 3 is 2.40 bits per heavy atom. The van der Waals surface area contributed by atoms with Crippen LogP contribution in [-0.2, 0) is 17.9 Å². The van der Waals surface area contributed by atoms with Crippen molar-refractivity contribution >= 4 is 40.6 Å². The first-order chi connectivity index (χ1) is 14.6. The Morgan fingerprint density at radius 2 is 1.60 bits per heavy atom. The second-order valence-corrected chi connectivity index (χ2v) is 8.07. The molecule has 0 radical (unpaired) electrons. The van der Waals surface area contributed by atoms with Gasteiger partial charge in [-0.3, -0.25) is 14.5 Å². The van der Waals surface area contributed by atoms with E-state index in [4.69, 9.17) is 16.3 Å². The van der Waals surface area contributed by atoms with Gasteiger partial charge in [0.05, 0.1) is 11.4 Å². The molecule has 6 heteroatoms. The van der Waals surface area contributed by atoms with E-state index < -0.39 is 0 Å². The Labute approximate surface area is 184 Å². The van der Waals surface area contributed by atoms with Gasteiger partial charge in [-0.25, -0.2) is 0 Å². The second kappa shape index (κ2) is 9.20. The Bertz CT molecular complexity index is 1110. The van der Waals surface area contributed by atoms with Gasteiger partial charge >= 0.3 is 0 Å². The summed E-state index contributed by atoms with van der Waals surface area (Å²) >= 11 is 7.15. The first-order valence-corrected chi connectivity index (χ1v) is 10.6. The van der Waals surface area contributed by atoms with E-state index in [0.29, 0.717) is 22.3 Å². The highest BCUT2D eigenvalue weighted by Crippen LogP contribution is 2.35.